The molecule has 4 saturated carbocycles. The van der Waals surface area contributed by atoms with E-state index in [4.69, 9.17) is 16.3 Å². The van der Waals surface area contributed by atoms with Crippen molar-refractivity contribution in [2.45, 2.75) is 58.0 Å². The first-order valence-electron chi connectivity index (χ1n) is 9.42. The monoisotopic (exact) mass is 360 g/mol. The molecular formula is C21H25ClO3. The van der Waals surface area contributed by atoms with Crippen LogP contribution < -0.4 is 0 Å². The van der Waals surface area contributed by atoms with Gasteiger partial charge in [-0.2, -0.15) is 0 Å². The molecule has 0 aromatic heterocycles. The number of ketones is 1. The predicted molar refractivity (Wildman–Crippen MR) is 96.6 cm³/mol. The highest BCUT2D eigenvalue weighted by molar-refractivity contribution is 6.30. The Morgan fingerprint density at radius 1 is 1.08 bits per heavy atom. The summed E-state index contributed by atoms with van der Waals surface area (Å²) in [5.74, 6) is 2.05. The molecule has 4 bridgehead atoms. The normalized spacial score (nSPS) is 33.9. The molecule has 25 heavy (non-hydrogen) atoms. The lowest BCUT2D eigenvalue weighted by Gasteiger charge is -2.56. The van der Waals surface area contributed by atoms with Gasteiger partial charge in [-0.3, -0.25) is 9.59 Å². The molecule has 0 saturated heterocycles. The Labute approximate surface area is 154 Å². The minimum atomic E-state index is -0.748. The summed E-state index contributed by atoms with van der Waals surface area (Å²) in [6.45, 7) is 1.66. The van der Waals surface area contributed by atoms with Gasteiger partial charge in [-0.25, -0.2) is 0 Å². The molecule has 0 radical (unpaired) electrons. The molecule has 0 unspecified atom stereocenters. The van der Waals surface area contributed by atoms with E-state index in [-0.39, 0.29) is 17.2 Å². The van der Waals surface area contributed by atoms with Crippen molar-refractivity contribution in [3.05, 3.63) is 34.9 Å². The van der Waals surface area contributed by atoms with Crippen LogP contribution in [0.2, 0.25) is 5.02 Å². The number of halogens is 1. The van der Waals surface area contributed by atoms with Gasteiger partial charge >= 0.3 is 5.97 Å². The highest BCUT2D eigenvalue weighted by Crippen LogP contribution is 2.61. The summed E-state index contributed by atoms with van der Waals surface area (Å²) in [4.78, 5) is 25.0. The Hall–Kier alpha value is -1.35. The lowest BCUT2D eigenvalue weighted by molar-refractivity contribution is -0.154. The number of hydrogen-bond acceptors (Lipinski definition) is 3. The third kappa shape index (κ3) is 3.48. The number of carbonyl (C=O) groups excluding carboxylic acids is 2. The Kier molecular flexibility index (Phi) is 4.39. The lowest BCUT2D eigenvalue weighted by Crippen LogP contribution is -2.47. The van der Waals surface area contributed by atoms with Crippen LogP contribution in [0, 0.1) is 23.2 Å². The lowest BCUT2D eigenvalue weighted by atomic mass is 9.49. The standard InChI is InChI=1S/C21H25ClO3/c1-13(20(24)17-2-4-18(22)5-3-17)25-19(23)12-21-9-14-6-15(10-21)8-16(7-14)11-21/h2-5,13-16H,6-12H2,1H3/t13-,14?,15?,16?,21?/m0/s1. The molecule has 1 aromatic carbocycles. The molecule has 0 aliphatic heterocycles. The van der Waals surface area contributed by atoms with Gasteiger partial charge in [0.25, 0.3) is 0 Å². The van der Waals surface area contributed by atoms with Crippen LogP contribution in [0.4, 0.5) is 0 Å². The van der Waals surface area contributed by atoms with E-state index in [0.29, 0.717) is 17.0 Å². The Morgan fingerprint density at radius 3 is 2.12 bits per heavy atom. The summed E-state index contributed by atoms with van der Waals surface area (Å²) < 4.78 is 5.51. The maximum absolute atomic E-state index is 12.5. The molecule has 0 heterocycles. The fourth-order valence-corrected chi connectivity index (χ4v) is 6.08. The largest absolute Gasteiger partial charge is 0.454 e. The second-order valence-corrected chi connectivity index (χ2v) is 9.03. The van der Waals surface area contributed by atoms with Crippen LogP contribution in [0.3, 0.4) is 0 Å². The number of rotatable bonds is 5. The summed E-state index contributed by atoms with van der Waals surface area (Å²) in [5, 5.41) is 0.586. The summed E-state index contributed by atoms with van der Waals surface area (Å²) in [6, 6.07) is 6.71. The number of Topliss-reactive ketones (excluding diaryl/α,β-unsaturated/α-hetero) is 1. The third-order valence-corrected chi connectivity index (χ3v) is 6.74. The molecule has 1 atom stereocenters. The van der Waals surface area contributed by atoms with Crippen molar-refractivity contribution >= 4 is 23.4 Å². The van der Waals surface area contributed by atoms with E-state index >= 15 is 0 Å². The van der Waals surface area contributed by atoms with Crippen LogP contribution in [0.25, 0.3) is 0 Å². The predicted octanol–water partition coefficient (Wildman–Crippen LogP) is 5.06. The first-order valence-corrected chi connectivity index (χ1v) is 9.79. The number of hydrogen-bond donors (Lipinski definition) is 0. The first-order chi connectivity index (χ1) is 11.9. The molecule has 0 spiro atoms. The zero-order valence-electron chi connectivity index (χ0n) is 14.7. The van der Waals surface area contributed by atoms with Gasteiger partial charge in [-0.05, 0) is 92.9 Å². The zero-order valence-corrected chi connectivity index (χ0v) is 15.4. The molecule has 4 aliphatic rings. The number of carbonyl (C=O) groups is 2. The van der Waals surface area contributed by atoms with Crippen LogP contribution in [0.1, 0.15) is 62.2 Å². The Morgan fingerprint density at radius 2 is 1.60 bits per heavy atom. The number of ether oxygens (including phenoxy) is 1. The van der Waals surface area contributed by atoms with Crippen molar-refractivity contribution in [1.82, 2.24) is 0 Å². The highest BCUT2D eigenvalue weighted by Gasteiger charge is 2.51. The van der Waals surface area contributed by atoms with Gasteiger partial charge in [0.15, 0.2) is 6.10 Å². The fraction of sp³-hybridized carbons (Fsp3) is 0.619. The van der Waals surface area contributed by atoms with Gasteiger partial charge < -0.3 is 4.74 Å². The van der Waals surface area contributed by atoms with Gasteiger partial charge in [-0.15, -0.1) is 0 Å². The minimum absolute atomic E-state index is 0.148. The van der Waals surface area contributed by atoms with Crippen molar-refractivity contribution in [3.63, 3.8) is 0 Å². The molecular weight excluding hydrogens is 336 g/mol. The fourth-order valence-electron chi connectivity index (χ4n) is 5.95. The van der Waals surface area contributed by atoms with Crippen molar-refractivity contribution in [2.24, 2.45) is 23.2 Å². The second-order valence-electron chi connectivity index (χ2n) is 8.60. The molecule has 1 aromatic rings. The molecule has 0 N–H and O–H groups in total. The van der Waals surface area contributed by atoms with E-state index in [1.165, 1.54) is 38.5 Å². The van der Waals surface area contributed by atoms with Gasteiger partial charge in [-0.1, -0.05) is 11.6 Å². The van der Waals surface area contributed by atoms with Crippen molar-refractivity contribution in [1.29, 1.82) is 0 Å². The van der Waals surface area contributed by atoms with Crippen LogP contribution >= 0.6 is 11.6 Å². The molecule has 4 heteroatoms. The van der Waals surface area contributed by atoms with Crippen molar-refractivity contribution in [3.8, 4) is 0 Å². The van der Waals surface area contributed by atoms with Crippen molar-refractivity contribution < 1.29 is 14.3 Å². The summed E-state index contributed by atoms with van der Waals surface area (Å²) in [7, 11) is 0. The van der Waals surface area contributed by atoms with Crippen molar-refractivity contribution in [2.75, 3.05) is 0 Å². The number of esters is 1. The van der Waals surface area contributed by atoms with Crippen LogP contribution in [-0.2, 0) is 9.53 Å². The van der Waals surface area contributed by atoms with E-state index in [2.05, 4.69) is 0 Å². The average molecular weight is 361 g/mol. The molecule has 0 amide bonds. The highest BCUT2D eigenvalue weighted by atomic mass is 35.5. The smallest absolute Gasteiger partial charge is 0.307 e. The quantitative estimate of drug-likeness (QED) is 0.544. The minimum Gasteiger partial charge on any atom is -0.454 e. The van der Waals surface area contributed by atoms with Crippen LogP contribution in [0.5, 0.6) is 0 Å². The third-order valence-electron chi connectivity index (χ3n) is 6.49. The van der Waals surface area contributed by atoms with E-state index in [0.717, 1.165) is 17.8 Å². The first kappa shape index (κ1) is 17.1. The van der Waals surface area contributed by atoms with Gasteiger partial charge in [0.2, 0.25) is 5.78 Å². The van der Waals surface area contributed by atoms with Crippen LogP contribution in [-0.4, -0.2) is 17.9 Å². The van der Waals surface area contributed by atoms with E-state index in [9.17, 15) is 9.59 Å². The molecule has 3 nitrogen and oxygen atoms in total. The van der Waals surface area contributed by atoms with Gasteiger partial charge in [0.1, 0.15) is 0 Å². The Balaban J connectivity index is 1.37. The van der Waals surface area contributed by atoms with Crippen LogP contribution in [0.15, 0.2) is 24.3 Å². The van der Waals surface area contributed by atoms with Gasteiger partial charge in [0, 0.05) is 10.6 Å². The average Bonchev–Trinajstić information content (AvgIpc) is 2.52. The SMILES string of the molecule is C[C@H](OC(=O)CC12CC3CC(CC(C3)C1)C2)C(=O)c1ccc(Cl)cc1. The maximum Gasteiger partial charge on any atom is 0.307 e. The summed E-state index contributed by atoms with van der Waals surface area (Å²) >= 11 is 5.86. The topological polar surface area (TPSA) is 43.4 Å². The zero-order chi connectivity index (χ0) is 17.6. The molecule has 5 rings (SSSR count). The summed E-state index contributed by atoms with van der Waals surface area (Å²) in [6.07, 6.45) is 7.34. The summed E-state index contributed by atoms with van der Waals surface area (Å²) in [5.41, 5.74) is 0.675. The number of benzene rings is 1. The van der Waals surface area contributed by atoms with E-state index in [1.807, 2.05) is 0 Å². The van der Waals surface area contributed by atoms with E-state index < -0.39 is 6.10 Å². The Bertz CT molecular complexity index is 644. The molecule has 134 valence electrons. The molecule has 4 aliphatic carbocycles. The molecule has 4 fully saturated rings. The second kappa shape index (κ2) is 6.42. The van der Waals surface area contributed by atoms with Gasteiger partial charge in [0.05, 0.1) is 6.42 Å². The maximum atomic E-state index is 12.5. The van der Waals surface area contributed by atoms with E-state index in [1.54, 1.807) is 31.2 Å².